The van der Waals surface area contributed by atoms with E-state index in [1.165, 1.54) is 10.6 Å². The second-order valence-corrected chi connectivity index (χ2v) is 12.6. The van der Waals surface area contributed by atoms with Crippen LogP contribution in [0.2, 0.25) is 0 Å². The van der Waals surface area contributed by atoms with E-state index in [0.29, 0.717) is 25.1 Å². The molecule has 41 heavy (non-hydrogen) atoms. The van der Waals surface area contributed by atoms with Gasteiger partial charge in [0.25, 0.3) is 0 Å². The Bertz CT molecular complexity index is 1410. The van der Waals surface area contributed by atoms with Crippen molar-refractivity contribution < 1.29 is 18.0 Å². The van der Waals surface area contributed by atoms with Gasteiger partial charge in [0.2, 0.25) is 21.8 Å². The number of hydrogen-bond donors (Lipinski definition) is 1. The molecule has 0 saturated carbocycles. The van der Waals surface area contributed by atoms with Gasteiger partial charge in [0.1, 0.15) is 6.04 Å². The van der Waals surface area contributed by atoms with Crippen LogP contribution >= 0.6 is 0 Å². The average molecular weight is 578 g/mol. The summed E-state index contributed by atoms with van der Waals surface area (Å²) in [7, 11) is -3.56. The minimum absolute atomic E-state index is 0.106. The zero-order valence-electron chi connectivity index (χ0n) is 24.9. The molecule has 2 amide bonds. The Labute approximate surface area is 245 Å². The molecule has 0 saturated heterocycles. The molecule has 1 N–H and O–H groups in total. The number of carbonyl (C=O) groups is 2. The number of anilines is 1. The first-order valence-electron chi connectivity index (χ1n) is 14.2. The van der Waals surface area contributed by atoms with Crippen LogP contribution in [0.1, 0.15) is 54.0 Å². The molecule has 8 heteroatoms. The fourth-order valence-corrected chi connectivity index (χ4v) is 5.80. The number of sulfonamides is 1. The van der Waals surface area contributed by atoms with Crippen molar-refractivity contribution in [3.05, 3.63) is 101 Å². The predicted molar refractivity (Wildman–Crippen MR) is 166 cm³/mol. The summed E-state index contributed by atoms with van der Waals surface area (Å²) in [6, 6.07) is 22.6. The molecule has 0 radical (unpaired) electrons. The van der Waals surface area contributed by atoms with Gasteiger partial charge < -0.3 is 10.2 Å². The Morgan fingerprint density at radius 1 is 0.878 bits per heavy atom. The lowest BCUT2D eigenvalue weighted by Crippen LogP contribution is -2.50. The summed E-state index contributed by atoms with van der Waals surface area (Å²) in [5, 5.41) is 2.99. The quantitative estimate of drug-likeness (QED) is 0.281. The maximum absolute atomic E-state index is 13.9. The van der Waals surface area contributed by atoms with Crippen LogP contribution in [0.3, 0.4) is 0 Å². The first-order valence-corrected chi connectivity index (χ1v) is 16.1. The van der Waals surface area contributed by atoms with Crippen molar-refractivity contribution in [1.82, 2.24) is 10.2 Å². The van der Waals surface area contributed by atoms with Crippen LogP contribution in [0.15, 0.2) is 72.8 Å². The van der Waals surface area contributed by atoms with Crippen molar-refractivity contribution in [1.29, 1.82) is 0 Å². The van der Waals surface area contributed by atoms with E-state index in [1.54, 1.807) is 4.90 Å². The van der Waals surface area contributed by atoms with Crippen LogP contribution in [0.5, 0.6) is 0 Å². The zero-order valence-corrected chi connectivity index (χ0v) is 25.7. The number of benzene rings is 3. The molecular formula is C33H43N3O4S. The molecule has 0 bridgehead atoms. The molecule has 3 aromatic rings. The summed E-state index contributed by atoms with van der Waals surface area (Å²) in [4.78, 5) is 29.0. The van der Waals surface area contributed by atoms with E-state index in [9.17, 15) is 18.0 Å². The highest BCUT2D eigenvalue weighted by molar-refractivity contribution is 7.92. The Hall–Kier alpha value is -3.65. The lowest BCUT2D eigenvalue weighted by molar-refractivity contribution is -0.141. The zero-order chi connectivity index (χ0) is 30.0. The Kier molecular flexibility index (Phi) is 11.5. The molecule has 0 aliphatic heterocycles. The molecule has 3 rings (SSSR count). The van der Waals surface area contributed by atoms with Crippen molar-refractivity contribution in [2.24, 2.45) is 0 Å². The third-order valence-electron chi connectivity index (χ3n) is 7.08. The van der Waals surface area contributed by atoms with Crippen LogP contribution < -0.4 is 9.62 Å². The molecule has 0 heterocycles. The summed E-state index contributed by atoms with van der Waals surface area (Å²) in [5.41, 5.74) is 5.44. The highest BCUT2D eigenvalue weighted by atomic mass is 32.2. The third-order valence-corrected chi connectivity index (χ3v) is 8.26. The van der Waals surface area contributed by atoms with E-state index in [2.05, 4.69) is 5.32 Å². The molecule has 0 aromatic heterocycles. The van der Waals surface area contributed by atoms with Crippen LogP contribution in [0.25, 0.3) is 0 Å². The molecular weight excluding hydrogens is 534 g/mol. The molecule has 0 aliphatic rings. The summed E-state index contributed by atoms with van der Waals surface area (Å²) in [6.45, 7) is 8.77. The molecule has 7 nitrogen and oxygen atoms in total. The molecule has 1 atom stereocenters. The number of aryl methyl sites for hydroxylation is 3. The van der Waals surface area contributed by atoms with Crippen molar-refractivity contribution in [2.75, 3.05) is 23.7 Å². The first-order chi connectivity index (χ1) is 19.5. The monoisotopic (exact) mass is 577 g/mol. The van der Waals surface area contributed by atoms with E-state index >= 15 is 0 Å². The summed E-state index contributed by atoms with van der Waals surface area (Å²) in [6.07, 6.45) is 2.78. The predicted octanol–water partition coefficient (Wildman–Crippen LogP) is 5.32. The van der Waals surface area contributed by atoms with Gasteiger partial charge in [-0.2, -0.15) is 0 Å². The van der Waals surface area contributed by atoms with Crippen LogP contribution in [-0.4, -0.2) is 50.5 Å². The molecule has 1 unspecified atom stereocenters. The van der Waals surface area contributed by atoms with E-state index in [-0.39, 0.29) is 31.3 Å². The van der Waals surface area contributed by atoms with Crippen molar-refractivity contribution >= 4 is 27.5 Å². The van der Waals surface area contributed by atoms with Gasteiger partial charge in [0.15, 0.2) is 0 Å². The maximum atomic E-state index is 13.9. The van der Waals surface area contributed by atoms with Gasteiger partial charge in [-0.05, 0) is 61.9 Å². The summed E-state index contributed by atoms with van der Waals surface area (Å²) >= 11 is 0. The van der Waals surface area contributed by atoms with Crippen molar-refractivity contribution in [3.8, 4) is 0 Å². The molecule has 3 aromatic carbocycles. The molecule has 0 fully saturated rings. The number of rotatable bonds is 14. The lowest BCUT2D eigenvalue weighted by atomic mass is 10.0. The largest absolute Gasteiger partial charge is 0.354 e. The molecule has 0 spiro atoms. The van der Waals surface area contributed by atoms with E-state index in [1.807, 2.05) is 100 Å². The minimum atomic E-state index is -3.56. The highest BCUT2D eigenvalue weighted by Gasteiger charge is 2.30. The molecule has 220 valence electrons. The second-order valence-electron chi connectivity index (χ2n) is 10.7. The first kappa shape index (κ1) is 31.9. The van der Waals surface area contributed by atoms with Gasteiger partial charge in [-0.3, -0.25) is 13.9 Å². The topological polar surface area (TPSA) is 86.8 Å². The Morgan fingerprint density at radius 3 is 2.17 bits per heavy atom. The number of nitrogens with zero attached hydrogens (tertiary/aromatic N) is 2. The van der Waals surface area contributed by atoms with Crippen molar-refractivity contribution in [2.45, 2.75) is 66.0 Å². The summed E-state index contributed by atoms with van der Waals surface area (Å²) < 4.78 is 26.9. The van der Waals surface area contributed by atoms with Gasteiger partial charge in [0.05, 0.1) is 11.9 Å². The van der Waals surface area contributed by atoms with Crippen LogP contribution in [-0.2, 0) is 32.6 Å². The Balaban J connectivity index is 1.88. The van der Waals surface area contributed by atoms with E-state index < -0.39 is 16.1 Å². The number of carbonyl (C=O) groups excluding carboxylic acids is 2. The number of nitrogens with one attached hydrogen (secondary N) is 1. The normalized spacial score (nSPS) is 12.0. The van der Waals surface area contributed by atoms with E-state index in [4.69, 9.17) is 0 Å². The Morgan fingerprint density at radius 2 is 1.54 bits per heavy atom. The highest BCUT2D eigenvalue weighted by Crippen LogP contribution is 2.25. The average Bonchev–Trinajstić information content (AvgIpc) is 2.94. The standard InChI is InChI=1S/C33H43N3O4S/c1-6-20-34-33(38)31(23-28-11-8-7-9-12-28)35(24-29-18-15-25(2)16-19-29)32(37)13-10-21-36(41(5,39)40)30-22-26(3)14-17-27(30)4/h7-9,11-12,14-19,22,31H,6,10,13,20-21,23-24H2,1-5H3,(H,34,38). The SMILES string of the molecule is CCCNC(=O)C(Cc1ccccc1)N(Cc1ccc(C)cc1)C(=O)CCCN(c1cc(C)ccc1C)S(C)(=O)=O. The smallest absolute Gasteiger partial charge is 0.243 e. The lowest BCUT2D eigenvalue weighted by Gasteiger charge is -2.32. The van der Waals surface area contributed by atoms with Crippen molar-refractivity contribution in [3.63, 3.8) is 0 Å². The third kappa shape index (κ3) is 9.46. The minimum Gasteiger partial charge on any atom is -0.354 e. The second kappa shape index (κ2) is 14.8. The van der Waals surface area contributed by atoms with Gasteiger partial charge in [0, 0.05) is 32.5 Å². The van der Waals surface area contributed by atoms with Gasteiger partial charge in [-0.25, -0.2) is 8.42 Å². The summed E-state index contributed by atoms with van der Waals surface area (Å²) in [5.74, 6) is -0.378. The molecule has 0 aliphatic carbocycles. The number of hydrogen-bond acceptors (Lipinski definition) is 4. The van der Waals surface area contributed by atoms with Crippen LogP contribution in [0.4, 0.5) is 5.69 Å². The number of amides is 2. The van der Waals surface area contributed by atoms with Gasteiger partial charge >= 0.3 is 0 Å². The van der Waals surface area contributed by atoms with Gasteiger partial charge in [-0.1, -0.05) is 79.2 Å². The fraction of sp³-hybridized carbons (Fsp3) is 0.394. The maximum Gasteiger partial charge on any atom is 0.243 e. The fourth-order valence-electron chi connectivity index (χ4n) is 4.78. The van der Waals surface area contributed by atoms with Gasteiger partial charge in [-0.15, -0.1) is 0 Å². The van der Waals surface area contributed by atoms with Crippen LogP contribution in [0, 0.1) is 20.8 Å². The van der Waals surface area contributed by atoms with E-state index in [0.717, 1.165) is 34.2 Å².